The molecular formula is C20H23N3O3. The van der Waals surface area contributed by atoms with Gasteiger partial charge in [0.05, 0.1) is 24.9 Å². The maximum atomic E-state index is 12.5. The van der Waals surface area contributed by atoms with Crippen LogP contribution >= 0.6 is 0 Å². The van der Waals surface area contributed by atoms with Gasteiger partial charge in [-0.15, -0.1) is 0 Å². The van der Waals surface area contributed by atoms with Crippen LogP contribution in [0.2, 0.25) is 0 Å². The first kappa shape index (κ1) is 17.9. The summed E-state index contributed by atoms with van der Waals surface area (Å²) < 4.78 is 5.41. The van der Waals surface area contributed by atoms with Gasteiger partial charge in [0.1, 0.15) is 5.75 Å². The Labute approximate surface area is 152 Å². The Morgan fingerprint density at radius 3 is 2.54 bits per heavy atom. The standard InChI is InChI=1S/C20H23N3O3/c1-26-18-9-5-2-6-14(18)12-23(15-10-11-15)13-19(24)22-17-8-4-3-7-16(17)20(21)25/h2-9,15H,10-13H2,1H3,(H2,21,25)(H,22,24). The van der Waals surface area contributed by atoms with Crippen LogP contribution in [0.4, 0.5) is 5.69 Å². The monoisotopic (exact) mass is 353 g/mol. The van der Waals surface area contributed by atoms with Crippen molar-refractivity contribution < 1.29 is 14.3 Å². The van der Waals surface area contributed by atoms with Crippen LogP contribution in [0.5, 0.6) is 5.75 Å². The number of nitrogens with two attached hydrogens (primary N) is 1. The van der Waals surface area contributed by atoms with E-state index in [0.717, 1.165) is 24.2 Å². The summed E-state index contributed by atoms with van der Waals surface area (Å²) in [6.45, 7) is 0.884. The minimum Gasteiger partial charge on any atom is -0.496 e. The number of anilines is 1. The number of hydrogen-bond acceptors (Lipinski definition) is 4. The number of ether oxygens (including phenoxy) is 1. The average Bonchev–Trinajstić information content (AvgIpc) is 3.47. The highest BCUT2D eigenvalue weighted by Gasteiger charge is 2.31. The van der Waals surface area contributed by atoms with Crippen molar-refractivity contribution in [2.75, 3.05) is 19.0 Å². The molecule has 136 valence electrons. The summed E-state index contributed by atoms with van der Waals surface area (Å²) in [6, 6.07) is 15.0. The molecule has 0 heterocycles. The van der Waals surface area contributed by atoms with Crippen molar-refractivity contribution in [1.82, 2.24) is 4.90 Å². The summed E-state index contributed by atoms with van der Waals surface area (Å²) in [5.74, 6) is 0.0899. The Balaban J connectivity index is 1.69. The van der Waals surface area contributed by atoms with E-state index in [1.54, 1.807) is 31.4 Å². The lowest BCUT2D eigenvalue weighted by Crippen LogP contribution is -2.35. The molecule has 1 aliphatic rings. The van der Waals surface area contributed by atoms with Crippen LogP contribution in [0, 0.1) is 0 Å². The molecule has 0 radical (unpaired) electrons. The zero-order chi connectivity index (χ0) is 18.5. The average molecular weight is 353 g/mol. The number of primary amides is 1. The molecule has 0 bridgehead atoms. The third kappa shape index (κ3) is 4.40. The Hall–Kier alpha value is -2.86. The van der Waals surface area contributed by atoms with Gasteiger partial charge in [-0.25, -0.2) is 0 Å². The molecule has 3 N–H and O–H groups in total. The van der Waals surface area contributed by atoms with Crippen LogP contribution in [-0.4, -0.2) is 36.4 Å². The van der Waals surface area contributed by atoms with Crippen molar-refractivity contribution in [3.05, 3.63) is 59.7 Å². The summed E-state index contributed by atoms with van der Waals surface area (Å²) in [5.41, 5.74) is 7.17. The van der Waals surface area contributed by atoms with Gasteiger partial charge < -0.3 is 15.8 Å². The molecule has 2 amide bonds. The number of hydrogen-bond donors (Lipinski definition) is 2. The molecular weight excluding hydrogens is 330 g/mol. The SMILES string of the molecule is COc1ccccc1CN(CC(=O)Nc1ccccc1C(N)=O)C1CC1. The van der Waals surface area contributed by atoms with Gasteiger partial charge in [0.15, 0.2) is 0 Å². The van der Waals surface area contributed by atoms with Gasteiger partial charge in [0.25, 0.3) is 5.91 Å². The quantitative estimate of drug-likeness (QED) is 0.763. The zero-order valence-corrected chi connectivity index (χ0v) is 14.8. The molecule has 0 spiro atoms. The molecule has 0 unspecified atom stereocenters. The van der Waals surface area contributed by atoms with E-state index in [1.807, 2.05) is 24.3 Å². The van der Waals surface area contributed by atoms with Crippen molar-refractivity contribution in [2.24, 2.45) is 5.73 Å². The number of rotatable bonds is 8. The number of amides is 2. The van der Waals surface area contributed by atoms with Crippen LogP contribution in [0.15, 0.2) is 48.5 Å². The van der Waals surface area contributed by atoms with Gasteiger partial charge in [0.2, 0.25) is 5.91 Å². The van der Waals surface area contributed by atoms with Gasteiger partial charge >= 0.3 is 0 Å². The van der Waals surface area contributed by atoms with E-state index in [-0.39, 0.29) is 12.5 Å². The third-order valence-electron chi connectivity index (χ3n) is 4.44. The first-order chi connectivity index (χ1) is 12.6. The number of carbonyl (C=O) groups is 2. The van der Waals surface area contributed by atoms with Crippen molar-refractivity contribution in [1.29, 1.82) is 0 Å². The topological polar surface area (TPSA) is 84.7 Å². The molecule has 3 rings (SSSR count). The largest absolute Gasteiger partial charge is 0.496 e. The smallest absolute Gasteiger partial charge is 0.250 e. The molecule has 6 nitrogen and oxygen atoms in total. The molecule has 0 aromatic heterocycles. The number of methoxy groups -OCH3 is 1. The lowest BCUT2D eigenvalue weighted by molar-refractivity contribution is -0.117. The Kier molecular flexibility index (Phi) is 5.53. The maximum absolute atomic E-state index is 12.5. The second-order valence-electron chi connectivity index (χ2n) is 6.41. The minimum atomic E-state index is -0.561. The summed E-state index contributed by atoms with van der Waals surface area (Å²) in [5, 5.41) is 2.81. The highest BCUT2D eigenvalue weighted by Crippen LogP contribution is 2.30. The second-order valence-corrected chi connectivity index (χ2v) is 6.41. The molecule has 1 fully saturated rings. The van der Waals surface area contributed by atoms with Crippen molar-refractivity contribution >= 4 is 17.5 Å². The van der Waals surface area contributed by atoms with E-state index in [4.69, 9.17) is 10.5 Å². The normalized spacial score (nSPS) is 13.5. The summed E-state index contributed by atoms with van der Waals surface area (Å²) in [7, 11) is 1.65. The lowest BCUT2D eigenvalue weighted by atomic mass is 10.1. The number of carbonyl (C=O) groups excluding carboxylic acids is 2. The Morgan fingerprint density at radius 1 is 1.15 bits per heavy atom. The van der Waals surface area contributed by atoms with Crippen LogP contribution in [-0.2, 0) is 11.3 Å². The lowest BCUT2D eigenvalue weighted by Gasteiger charge is -2.22. The molecule has 0 aliphatic heterocycles. The molecule has 0 atom stereocenters. The molecule has 1 aliphatic carbocycles. The van der Waals surface area contributed by atoms with Crippen LogP contribution in [0.3, 0.4) is 0 Å². The fourth-order valence-corrected chi connectivity index (χ4v) is 2.99. The summed E-state index contributed by atoms with van der Waals surface area (Å²) >= 11 is 0. The van der Waals surface area contributed by atoms with Crippen molar-refractivity contribution in [3.8, 4) is 5.75 Å². The molecule has 0 saturated heterocycles. The van der Waals surface area contributed by atoms with Gasteiger partial charge in [-0.05, 0) is 31.0 Å². The van der Waals surface area contributed by atoms with Crippen LogP contribution < -0.4 is 15.8 Å². The van der Waals surface area contributed by atoms with E-state index in [0.29, 0.717) is 23.8 Å². The predicted octanol–water partition coefficient (Wildman–Crippen LogP) is 2.40. The number of nitrogens with zero attached hydrogens (tertiary/aromatic N) is 1. The zero-order valence-electron chi connectivity index (χ0n) is 14.8. The third-order valence-corrected chi connectivity index (χ3v) is 4.44. The van der Waals surface area contributed by atoms with Gasteiger partial charge in [0, 0.05) is 18.2 Å². The Morgan fingerprint density at radius 2 is 1.85 bits per heavy atom. The first-order valence-electron chi connectivity index (χ1n) is 8.63. The fraction of sp³-hybridized carbons (Fsp3) is 0.300. The fourth-order valence-electron chi connectivity index (χ4n) is 2.99. The second kappa shape index (κ2) is 8.01. The summed E-state index contributed by atoms with van der Waals surface area (Å²) in [6.07, 6.45) is 2.17. The van der Waals surface area contributed by atoms with Crippen molar-refractivity contribution in [3.63, 3.8) is 0 Å². The first-order valence-corrected chi connectivity index (χ1v) is 8.63. The van der Waals surface area contributed by atoms with E-state index < -0.39 is 5.91 Å². The molecule has 6 heteroatoms. The van der Waals surface area contributed by atoms with Gasteiger partial charge in [-0.1, -0.05) is 30.3 Å². The Bertz CT molecular complexity index is 802. The number of nitrogens with one attached hydrogen (secondary N) is 1. The summed E-state index contributed by atoms with van der Waals surface area (Å²) in [4.78, 5) is 26.2. The van der Waals surface area contributed by atoms with E-state index in [2.05, 4.69) is 10.2 Å². The van der Waals surface area contributed by atoms with Gasteiger partial charge in [-0.2, -0.15) is 0 Å². The highest BCUT2D eigenvalue weighted by molar-refractivity contribution is 6.03. The van der Waals surface area contributed by atoms with Crippen molar-refractivity contribution in [2.45, 2.75) is 25.4 Å². The number of benzene rings is 2. The van der Waals surface area contributed by atoms with E-state index >= 15 is 0 Å². The minimum absolute atomic E-state index is 0.166. The molecule has 1 saturated carbocycles. The van der Waals surface area contributed by atoms with Crippen LogP contribution in [0.1, 0.15) is 28.8 Å². The van der Waals surface area contributed by atoms with Gasteiger partial charge in [-0.3, -0.25) is 14.5 Å². The number of para-hydroxylation sites is 2. The van der Waals surface area contributed by atoms with E-state index in [1.165, 1.54) is 0 Å². The highest BCUT2D eigenvalue weighted by atomic mass is 16.5. The molecule has 2 aromatic carbocycles. The van der Waals surface area contributed by atoms with Crippen LogP contribution in [0.25, 0.3) is 0 Å². The van der Waals surface area contributed by atoms with E-state index in [9.17, 15) is 9.59 Å². The predicted molar refractivity (Wildman–Crippen MR) is 100 cm³/mol. The maximum Gasteiger partial charge on any atom is 0.250 e. The molecule has 2 aromatic rings. The molecule has 26 heavy (non-hydrogen) atoms.